The van der Waals surface area contributed by atoms with Crippen LogP contribution in [0.1, 0.15) is 111 Å². The second-order valence-corrected chi connectivity index (χ2v) is 28.5. The number of rotatable bonds is 22. The quantitative estimate of drug-likeness (QED) is 0.0396. The third kappa shape index (κ3) is 23.4. The van der Waals surface area contributed by atoms with Crippen LogP contribution in [0.4, 0.5) is 0 Å². The molecule has 2 fully saturated rings. The van der Waals surface area contributed by atoms with Crippen molar-refractivity contribution in [2.24, 2.45) is 11.8 Å². The monoisotopic (exact) mass is 1320 g/mol. The van der Waals surface area contributed by atoms with E-state index in [0.29, 0.717) is 65.0 Å². The fraction of sp³-hybridized carbons (Fsp3) is 0.472. The van der Waals surface area contributed by atoms with Crippen LogP contribution >= 0.6 is 0 Å². The maximum atomic E-state index is 13.8. The topological polar surface area (TPSA) is 311 Å². The van der Waals surface area contributed by atoms with Crippen LogP contribution in [0.3, 0.4) is 0 Å². The molecule has 4 aliphatic rings. The molecular weight excluding hydrogens is 1230 g/mol. The summed E-state index contributed by atoms with van der Waals surface area (Å²) in [7, 11) is -4.67. The van der Waals surface area contributed by atoms with Crippen LogP contribution in [0, 0.1) is 11.8 Å². The SMILES string of the molecule is CC(C)(C)NC(=O)[C@@H]1CN(Cc2cccnc2)CCN1C[C@@H](O)C[C@@H](Cc1ccccc1)C(=O)N[C@H]1c2ccccc2C[C@H]1O.CC(C)(C)NC(=O)[C@@H]1CN(Cc2cccnc2)CCN1C[C@@H](O)C[C@@H](Cc1ccccc1)C(=O)N[C@H]1c2ccccc2C[C@H]1O.O=S(=O)(O)O. The lowest BCUT2D eigenvalue weighted by molar-refractivity contribution is -0.132. The van der Waals surface area contributed by atoms with Crippen LogP contribution in [-0.4, -0.2) is 191 Å². The first-order chi connectivity index (χ1) is 45.1. The van der Waals surface area contributed by atoms with Gasteiger partial charge < -0.3 is 41.7 Å². The Bertz CT molecular complexity index is 3310. The average molecular weight is 1330 g/mol. The summed E-state index contributed by atoms with van der Waals surface area (Å²) in [5, 5.41) is 57.0. The Hall–Kier alpha value is -7.39. The number of aliphatic hydroxyl groups is 4. The highest BCUT2D eigenvalue weighted by atomic mass is 32.3. The number of carbonyl (C=O) groups is 4. The number of nitrogens with one attached hydrogen (secondary N) is 4. The molecule has 2 aromatic heterocycles. The fourth-order valence-corrected chi connectivity index (χ4v) is 13.1. The Kier molecular flexibility index (Phi) is 26.3. The Morgan fingerprint density at radius 2 is 0.863 bits per heavy atom. The van der Waals surface area contributed by atoms with Gasteiger partial charge in [-0.3, -0.25) is 57.9 Å². The van der Waals surface area contributed by atoms with Crippen molar-refractivity contribution in [3.8, 4) is 0 Å². The zero-order valence-corrected chi connectivity index (χ0v) is 56.1. The molecule has 2 aliphatic carbocycles. The Morgan fingerprint density at radius 3 is 1.21 bits per heavy atom. The lowest BCUT2D eigenvalue weighted by Gasteiger charge is -2.42. The number of piperazine rings is 2. The van der Waals surface area contributed by atoms with Gasteiger partial charge in [-0.25, -0.2) is 0 Å². The lowest BCUT2D eigenvalue weighted by Crippen LogP contribution is -2.61. The second kappa shape index (κ2) is 34.0. The number of β-amino-alcohol motifs (C(OH)–C–C–N with tert-alkyl or cyclic N) is 2. The Labute approximate surface area is 559 Å². The molecule has 22 nitrogen and oxygen atoms in total. The summed E-state index contributed by atoms with van der Waals surface area (Å²) in [5.41, 5.74) is 7.35. The molecule has 512 valence electrons. The second-order valence-electron chi connectivity index (χ2n) is 27.6. The number of benzene rings is 4. The largest absolute Gasteiger partial charge is 0.394 e. The van der Waals surface area contributed by atoms with Crippen molar-refractivity contribution in [3.05, 3.63) is 203 Å². The zero-order chi connectivity index (χ0) is 68.5. The van der Waals surface area contributed by atoms with E-state index < -0.39 is 81.9 Å². The van der Waals surface area contributed by atoms with Gasteiger partial charge in [0, 0.05) is 126 Å². The van der Waals surface area contributed by atoms with Crippen molar-refractivity contribution in [3.63, 3.8) is 0 Å². The summed E-state index contributed by atoms with van der Waals surface area (Å²) in [6.45, 7) is 17.5. The number of hydrogen-bond acceptors (Lipinski definition) is 16. The van der Waals surface area contributed by atoms with Crippen molar-refractivity contribution in [2.75, 3.05) is 52.4 Å². The van der Waals surface area contributed by atoms with Gasteiger partial charge in [0.2, 0.25) is 23.6 Å². The molecule has 0 spiro atoms. The zero-order valence-electron chi connectivity index (χ0n) is 55.3. The van der Waals surface area contributed by atoms with E-state index in [9.17, 15) is 39.6 Å². The van der Waals surface area contributed by atoms with Gasteiger partial charge in [-0.15, -0.1) is 0 Å². The highest BCUT2D eigenvalue weighted by Gasteiger charge is 2.40. The van der Waals surface area contributed by atoms with Gasteiger partial charge in [0.15, 0.2) is 0 Å². The van der Waals surface area contributed by atoms with Crippen LogP contribution in [-0.2, 0) is 68.3 Å². The summed E-state index contributed by atoms with van der Waals surface area (Å²) in [6.07, 6.45) is 6.52. The molecule has 4 heterocycles. The number of carbonyl (C=O) groups excluding carboxylic acids is 4. The van der Waals surface area contributed by atoms with Crippen LogP contribution in [0.15, 0.2) is 158 Å². The van der Waals surface area contributed by atoms with E-state index >= 15 is 0 Å². The molecule has 0 unspecified atom stereocenters. The third-order valence-electron chi connectivity index (χ3n) is 17.4. The average Bonchev–Trinajstić information content (AvgIpc) is 1.19. The molecule has 95 heavy (non-hydrogen) atoms. The van der Waals surface area contributed by atoms with E-state index in [1.165, 1.54) is 0 Å². The Morgan fingerprint density at radius 1 is 0.516 bits per heavy atom. The predicted molar refractivity (Wildman–Crippen MR) is 362 cm³/mol. The lowest BCUT2D eigenvalue weighted by atomic mass is 9.91. The first kappa shape index (κ1) is 73.4. The number of hydrogen-bond donors (Lipinski definition) is 10. The van der Waals surface area contributed by atoms with Crippen LogP contribution in [0.2, 0.25) is 0 Å². The van der Waals surface area contributed by atoms with Crippen molar-refractivity contribution in [1.82, 2.24) is 50.8 Å². The summed E-state index contributed by atoms with van der Waals surface area (Å²) >= 11 is 0. The van der Waals surface area contributed by atoms with Crippen molar-refractivity contribution in [2.45, 2.75) is 153 Å². The van der Waals surface area contributed by atoms with Crippen LogP contribution < -0.4 is 21.3 Å². The highest BCUT2D eigenvalue weighted by Crippen LogP contribution is 2.34. The molecule has 2 aliphatic heterocycles. The fourth-order valence-electron chi connectivity index (χ4n) is 13.1. The molecule has 10 atom stereocenters. The molecular formula is C72H96N10O12S. The molecule has 0 radical (unpaired) electrons. The van der Waals surface area contributed by atoms with E-state index in [4.69, 9.17) is 17.5 Å². The van der Waals surface area contributed by atoms with E-state index in [-0.39, 0.29) is 49.6 Å². The standard InChI is InChI=1S/2C36H47N5O4.H2O4S/c2*1-36(2,3)39-35(45)31-24-40(22-26-12-9-15-37-21-26)16-17-41(31)23-29(42)19-28(18-25-10-5-4-6-11-25)34(44)38-33-30-14-8-7-13-27(30)20-32(33)43;1-5(2,3)4/h2*4-15,21,28-29,31-33,42-43H,16-20,22-24H2,1-3H3,(H,38,44)(H,39,45);(H2,1,2,3,4)/t2*28-,29+,31+,32-,33+;/m11./s1. The predicted octanol–water partition coefficient (Wildman–Crippen LogP) is 5.08. The van der Waals surface area contributed by atoms with Crippen molar-refractivity contribution < 1.29 is 57.1 Å². The molecule has 6 aromatic rings. The Balaban J connectivity index is 0.000000227. The third-order valence-corrected chi connectivity index (χ3v) is 17.4. The van der Waals surface area contributed by atoms with Gasteiger partial charge in [0.1, 0.15) is 12.1 Å². The smallest absolute Gasteiger partial charge is 0.392 e. The van der Waals surface area contributed by atoms with E-state index in [1.807, 2.05) is 187 Å². The van der Waals surface area contributed by atoms with Gasteiger partial charge >= 0.3 is 10.4 Å². The first-order valence-electron chi connectivity index (χ1n) is 32.7. The minimum Gasteiger partial charge on any atom is -0.392 e. The van der Waals surface area contributed by atoms with Crippen LogP contribution in [0.5, 0.6) is 0 Å². The number of aromatic nitrogens is 2. The maximum Gasteiger partial charge on any atom is 0.394 e. The number of amides is 4. The van der Waals surface area contributed by atoms with Gasteiger partial charge in [0.25, 0.3) is 0 Å². The minimum atomic E-state index is -4.67. The molecule has 4 amide bonds. The molecule has 0 saturated carbocycles. The normalized spacial score (nSPS) is 21.4. The molecule has 23 heteroatoms. The molecule has 4 aromatic carbocycles. The highest BCUT2D eigenvalue weighted by molar-refractivity contribution is 7.79. The number of nitrogens with zero attached hydrogens (tertiary/aromatic N) is 6. The maximum absolute atomic E-state index is 13.8. The van der Waals surface area contributed by atoms with Gasteiger partial charge in [-0.2, -0.15) is 8.42 Å². The van der Waals surface area contributed by atoms with Crippen molar-refractivity contribution >= 4 is 34.0 Å². The number of aliphatic hydroxyl groups excluding tert-OH is 4. The first-order valence-corrected chi connectivity index (χ1v) is 34.1. The van der Waals surface area contributed by atoms with Crippen molar-refractivity contribution in [1.29, 1.82) is 0 Å². The van der Waals surface area contributed by atoms with Gasteiger partial charge in [0.05, 0.1) is 36.5 Å². The van der Waals surface area contributed by atoms with Gasteiger partial charge in [-0.1, -0.05) is 121 Å². The summed E-state index contributed by atoms with van der Waals surface area (Å²) in [5.74, 6) is -1.56. The molecule has 0 bridgehead atoms. The van der Waals surface area contributed by atoms with E-state index in [0.717, 1.165) is 57.6 Å². The summed E-state index contributed by atoms with van der Waals surface area (Å²) < 4.78 is 31.6. The summed E-state index contributed by atoms with van der Waals surface area (Å²) in [6, 6.07) is 41.3. The van der Waals surface area contributed by atoms with Gasteiger partial charge in [-0.05, 0) is 124 Å². The summed E-state index contributed by atoms with van der Waals surface area (Å²) in [4.78, 5) is 71.8. The van der Waals surface area contributed by atoms with E-state index in [1.54, 1.807) is 12.4 Å². The number of fused-ring (bicyclic) bond motifs is 2. The van der Waals surface area contributed by atoms with E-state index in [2.05, 4.69) is 50.8 Å². The molecule has 10 N–H and O–H groups in total. The number of pyridine rings is 2. The molecule has 2 saturated heterocycles. The van der Waals surface area contributed by atoms with Crippen LogP contribution in [0.25, 0.3) is 0 Å². The minimum absolute atomic E-state index is 0.0712. The molecule has 10 rings (SSSR count).